The molecule has 0 saturated carbocycles. The minimum atomic E-state index is -4.67. The highest BCUT2D eigenvalue weighted by molar-refractivity contribution is 7.86. The fourth-order valence-electron chi connectivity index (χ4n) is 1.76. The summed E-state index contributed by atoms with van der Waals surface area (Å²) < 4.78 is 34.2. The van der Waals surface area contributed by atoms with Gasteiger partial charge in [-0.1, -0.05) is 24.3 Å². The number of amides is 1. The lowest BCUT2D eigenvalue weighted by Gasteiger charge is -2.05. The van der Waals surface area contributed by atoms with Gasteiger partial charge in [0, 0.05) is 12.6 Å². The third kappa shape index (κ3) is 3.42. The first kappa shape index (κ1) is 14.2. The molecule has 0 saturated heterocycles. The zero-order valence-corrected chi connectivity index (χ0v) is 11.4. The monoisotopic (exact) mass is 293 g/mol. The number of carbonyl (C=O) groups is 1. The summed E-state index contributed by atoms with van der Waals surface area (Å²) in [6.45, 7) is 1.42. The molecule has 0 radical (unpaired) electrons. The van der Waals surface area contributed by atoms with Crippen molar-refractivity contribution in [3.63, 3.8) is 0 Å². The lowest BCUT2D eigenvalue weighted by molar-refractivity contribution is -0.114. The van der Waals surface area contributed by atoms with E-state index in [2.05, 4.69) is 5.32 Å². The summed E-state index contributed by atoms with van der Waals surface area (Å²) in [7, 11) is -4.67. The predicted octanol–water partition coefficient (Wildman–Crippen LogP) is 2.97. The molecule has 2 rings (SSSR count). The van der Waals surface area contributed by atoms with E-state index in [4.69, 9.17) is 0 Å². The van der Waals surface area contributed by atoms with Crippen LogP contribution in [-0.4, -0.2) is 14.3 Å². The molecule has 1 N–H and O–H groups in total. The quantitative estimate of drug-likeness (QED) is 0.885. The van der Waals surface area contributed by atoms with Gasteiger partial charge in [-0.2, -0.15) is 8.42 Å². The summed E-state index contributed by atoms with van der Waals surface area (Å²) in [6, 6.07) is 12.5. The number of rotatable bonds is 3. The maximum atomic E-state index is 12.8. The second-order valence-corrected chi connectivity index (χ2v) is 5.57. The van der Waals surface area contributed by atoms with Gasteiger partial charge in [-0.25, -0.2) is 0 Å². The summed E-state index contributed by atoms with van der Waals surface area (Å²) >= 11 is 0. The van der Waals surface area contributed by atoms with Crippen LogP contribution in [-0.2, 0) is 15.0 Å². The fraction of sp³-hybridized carbons (Fsp3) is 0.0714. The van der Waals surface area contributed by atoms with Gasteiger partial charge in [0.15, 0.2) is 0 Å². The number of halogens is 1. The zero-order valence-electron chi connectivity index (χ0n) is 10.6. The summed E-state index contributed by atoms with van der Waals surface area (Å²) in [4.78, 5) is 10.5. The average molecular weight is 293 g/mol. The van der Waals surface area contributed by atoms with Crippen molar-refractivity contribution in [2.45, 2.75) is 11.8 Å². The van der Waals surface area contributed by atoms with Crippen LogP contribution >= 0.6 is 0 Å². The Balaban J connectivity index is 2.26. The molecule has 104 valence electrons. The highest BCUT2D eigenvalue weighted by Crippen LogP contribution is 2.23. The van der Waals surface area contributed by atoms with E-state index in [9.17, 15) is 17.1 Å². The zero-order chi connectivity index (χ0) is 14.8. The van der Waals surface area contributed by atoms with E-state index in [1.807, 2.05) is 0 Å². The van der Waals surface area contributed by atoms with E-state index in [1.165, 1.54) is 31.2 Å². The largest absolute Gasteiger partial charge is 0.332 e. The molecule has 0 fully saturated rings. The second-order valence-electron chi connectivity index (χ2n) is 4.22. The molecule has 0 aliphatic heterocycles. The summed E-state index contributed by atoms with van der Waals surface area (Å²) in [5, 5.41) is 2.64. The van der Waals surface area contributed by atoms with E-state index in [1.54, 1.807) is 24.3 Å². The van der Waals surface area contributed by atoms with Crippen LogP contribution in [0, 0.1) is 0 Å². The normalized spacial score (nSPS) is 11.1. The van der Waals surface area contributed by atoms with Crippen LogP contribution in [0.25, 0.3) is 11.1 Å². The molecule has 0 aromatic heterocycles. The Morgan fingerprint density at radius 1 is 0.950 bits per heavy atom. The van der Waals surface area contributed by atoms with Crippen molar-refractivity contribution in [2.24, 2.45) is 0 Å². The molecule has 0 heterocycles. The van der Waals surface area contributed by atoms with Crippen LogP contribution in [0.3, 0.4) is 0 Å². The van der Waals surface area contributed by atoms with Crippen molar-refractivity contribution in [1.82, 2.24) is 0 Å². The van der Waals surface area contributed by atoms with Crippen molar-refractivity contribution in [3.8, 4) is 11.1 Å². The number of hydrogen-bond acceptors (Lipinski definition) is 3. The third-order valence-electron chi connectivity index (χ3n) is 2.67. The highest BCUT2D eigenvalue weighted by atomic mass is 32.3. The van der Waals surface area contributed by atoms with Crippen molar-refractivity contribution >= 4 is 21.8 Å². The van der Waals surface area contributed by atoms with Gasteiger partial charge in [-0.15, -0.1) is 3.89 Å². The Morgan fingerprint density at radius 2 is 1.40 bits per heavy atom. The first-order chi connectivity index (χ1) is 9.36. The van der Waals surface area contributed by atoms with Gasteiger partial charge >= 0.3 is 10.2 Å². The van der Waals surface area contributed by atoms with Gasteiger partial charge in [-0.05, 0) is 35.4 Å². The molecule has 2 aromatic rings. The number of benzene rings is 2. The molecule has 0 aliphatic rings. The van der Waals surface area contributed by atoms with Crippen LogP contribution < -0.4 is 5.32 Å². The molecule has 0 aliphatic carbocycles. The SMILES string of the molecule is CC(=O)Nc1ccc(-c2ccc(S(=O)(=O)F)cc2)cc1. The number of hydrogen-bond donors (Lipinski definition) is 1. The first-order valence-corrected chi connectivity index (χ1v) is 7.17. The van der Waals surface area contributed by atoms with E-state index in [0.29, 0.717) is 5.69 Å². The standard InChI is InChI=1S/C14H12FNO3S/c1-10(17)16-13-6-2-11(3-7-13)12-4-8-14(9-5-12)20(15,18)19/h2-9H,1H3,(H,16,17). The van der Waals surface area contributed by atoms with Crippen molar-refractivity contribution in [3.05, 3.63) is 48.5 Å². The maximum Gasteiger partial charge on any atom is 0.332 e. The lowest BCUT2D eigenvalue weighted by Crippen LogP contribution is -2.05. The van der Waals surface area contributed by atoms with Crippen LogP contribution in [0.2, 0.25) is 0 Å². The second kappa shape index (κ2) is 5.42. The molecule has 2 aromatic carbocycles. The fourth-order valence-corrected chi connectivity index (χ4v) is 2.22. The van der Waals surface area contributed by atoms with Gasteiger partial charge in [-0.3, -0.25) is 4.79 Å². The van der Waals surface area contributed by atoms with E-state index in [-0.39, 0.29) is 10.8 Å². The van der Waals surface area contributed by atoms with Gasteiger partial charge in [0.1, 0.15) is 0 Å². The molecule has 20 heavy (non-hydrogen) atoms. The van der Waals surface area contributed by atoms with Crippen molar-refractivity contribution < 1.29 is 17.1 Å². The minimum Gasteiger partial charge on any atom is -0.326 e. The minimum absolute atomic E-state index is 0.157. The Labute approximate surface area is 116 Å². The predicted molar refractivity (Wildman–Crippen MR) is 74.5 cm³/mol. The Kier molecular flexibility index (Phi) is 3.85. The van der Waals surface area contributed by atoms with Gasteiger partial charge in [0.25, 0.3) is 0 Å². The lowest BCUT2D eigenvalue weighted by atomic mass is 10.1. The molecule has 4 nitrogen and oxygen atoms in total. The molecule has 0 bridgehead atoms. The van der Waals surface area contributed by atoms with Crippen molar-refractivity contribution in [2.75, 3.05) is 5.32 Å². The van der Waals surface area contributed by atoms with Crippen LogP contribution in [0.1, 0.15) is 6.92 Å². The Hall–Kier alpha value is -2.21. The van der Waals surface area contributed by atoms with Crippen LogP contribution in [0.15, 0.2) is 53.4 Å². The smallest absolute Gasteiger partial charge is 0.326 e. The summed E-state index contributed by atoms with van der Waals surface area (Å²) in [6.07, 6.45) is 0. The van der Waals surface area contributed by atoms with Gasteiger partial charge in [0.05, 0.1) is 4.90 Å². The Morgan fingerprint density at radius 3 is 1.80 bits per heavy atom. The maximum absolute atomic E-state index is 12.8. The number of anilines is 1. The molecular weight excluding hydrogens is 281 g/mol. The first-order valence-electron chi connectivity index (χ1n) is 5.79. The molecule has 0 spiro atoms. The molecule has 0 unspecified atom stereocenters. The van der Waals surface area contributed by atoms with Crippen LogP contribution in [0.5, 0.6) is 0 Å². The molecular formula is C14H12FNO3S. The summed E-state index contributed by atoms with van der Waals surface area (Å²) in [5.41, 5.74) is 2.26. The van der Waals surface area contributed by atoms with Gasteiger partial charge in [0.2, 0.25) is 5.91 Å². The van der Waals surface area contributed by atoms with E-state index < -0.39 is 10.2 Å². The highest BCUT2D eigenvalue weighted by Gasteiger charge is 2.11. The molecule has 1 amide bonds. The number of nitrogens with one attached hydrogen (secondary N) is 1. The van der Waals surface area contributed by atoms with E-state index in [0.717, 1.165) is 11.1 Å². The third-order valence-corrected chi connectivity index (χ3v) is 3.51. The number of carbonyl (C=O) groups excluding carboxylic acids is 1. The van der Waals surface area contributed by atoms with Crippen LogP contribution in [0.4, 0.5) is 9.57 Å². The molecule has 0 atom stereocenters. The van der Waals surface area contributed by atoms with Gasteiger partial charge < -0.3 is 5.32 Å². The molecule has 6 heteroatoms. The average Bonchev–Trinajstić information content (AvgIpc) is 2.38. The van der Waals surface area contributed by atoms with Crippen molar-refractivity contribution in [1.29, 1.82) is 0 Å². The Bertz CT molecular complexity index is 722. The topological polar surface area (TPSA) is 63.2 Å². The summed E-state index contributed by atoms with van der Waals surface area (Å²) in [5.74, 6) is -0.157. The van der Waals surface area contributed by atoms with E-state index >= 15 is 0 Å².